The summed E-state index contributed by atoms with van der Waals surface area (Å²) in [4.78, 5) is 2.68. The summed E-state index contributed by atoms with van der Waals surface area (Å²) in [6.07, 6.45) is 0. The Kier molecular flexibility index (Phi) is 5.48. The van der Waals surface area contributed by atoms with Gasteiger partial charge in [-0.2, -0.15) is 0 Å². The van der Waals surface area contributed by atoms with Crippen molar-refractivity contribution in [3.8, 4) is 11.1 Å². The molecule has 0 fully saturated rings. The van der Waals surface area contributed by atoms with Gasteiger partial charge in [-0.3, -0.25) is 0 Å². The molecule has 0 amide bonds. The van der Waals surface area contributed by atoms with Gasteiger partial charge < -0.3 is 9.38 Å². The van der Waals surface area contributed by atoms with Crippen LogP contribution in [0.15, 0.2) is 103 Å². The van der Waals surface area contributed by atoms with E-state index >= 15 is 0 Å². The van der Waals surface area contributed by atoms with Gasteiger partial charge in [0, 0.05) is 58.6 Å². The van der Waals surface area contributed by atoms with E-state index in [1.165, 1.54) is 103 Å². The predicted molar refractivity (Wildman–Crippen MR) is 222 cm³/mol. The Balaban J connectivity index is 1.40. The molecule has 3 aliphatic heterocycles. The number of benzene rings is 6. The lowest BCUT2D eigenvalue weighted by molar-refractivity contribution is 0.590. The fourth-order valence-electron chi connectivity index (χ4n) is 9.82. The highest BCUT2D eigenvalue weighted by Crippen LogP contribution is 2.57. The zero-order chi connectivity index (χ0) is 34.9. The fraction of sp³-hybridized carbons (Fsp3) is 0.234. The minimum atomic E-state index is -0.146. The van der Waals surface area contributed by atoms with E-state index in [1.807, 2.05) is 11.3 Å². The summed E-state index contributed by atoms with van der Waals surface area (Å²) in [7, 11) is 0. The zero-order valence-electron chi connectivity index (χ0n) is 30.7. The van der Waals surface area contributed by atoms with Crippen molar-refractivity contribution >= 4 is 88.2 Å². The van der Waals surface area contributed by atoms with Crippen molar-refractivity contribution in [2.75, 3.05) is 4.90 Å². The number of aromatic nitrogens is 1. The minimum absolute atomic E-state index is 0.00172. The van der Waals surface area contributed by atoms with Crippen molar-refractivity contribution in [2.45, 2.75) is 71.6 Å². The molecular weight excluding hydrogens is 635 g/mol. The van der Waals surface area contributed by atoms with Gasteiger partial charge in [0.1, 0.15) is 0 Å². The summed E-state index contributed by atoms with van der Waals surface area (Å²) < 4.78 is 5.45. The van der Waals surface area contributed by atoms with Crippen LogP contribution in [0.4, 0.5) is 17.1 Å². The Morgan fingerprint density at radius 2 is 1.33 bits per heavy atom. The molecule has 51 heavy (non-hydrogen) atoms. The summed E-state index contributed by atoms with van der Waals surface area (Å²) in [5.41, 5.74) is 17.8. The number of hydrogen-bond acceptors (Lipinski definition) is 2. The second-order valence-corrected chi connectivity index (χ2v) is 18.9. The van der Waals surface area contributed by atoms with Crippen molar-refractivity contribution in [3.05, 3.63) is 125 Å². The van der Waals surface area contributed by atoms with E-state index in [9.17, 15) is 0 Å². The van der Waals surface area contributed by atoms with E-state index in [1.54, 1.807) is 0 Å². The summed E-state index contributed by atoms with van der Waals surface area (Å²) >= 11 is 1.94. The van der Waals surface area contributed by atoms with Gasteiger partial charge in [0.05, 0.1) is 11.4 Å². The third-order valence-corrected chi connectivity index (χ3v) is 13.5. The molecule has 0 spiro atoms. The van der Waals surface area contributed by atoms with Crippen LogP contribution in [0, 0.1) is 0 Å². The first kappa shape index (κ1) is 29.9. The maximum absolute atomic E-state index is 2.74. The second kappa shape index (κ2) is 9.35. The number of anilines is 3. The molecule has 5 heterocycles. The maximum Gasteiger partial charge on any atom is 0.333 e. The van der Waals surface area contributed by atoms with Crippen LogP contribution in [0.25, 0.3) is 53.1 Å². The highest BCUT2D eigenvalue weighted by atomic mass is 32.1. The first-order chi connectivity index (χ1) is 24.3. The van der Waals surface area contributed by atoms with Gasteiger partial charge in [0.15, 0.2) is 0 Å². The number of fused-ring (bicyclic) bond motifs is 13. The molecule has 0 N–H and O–H groups in total. The van der Waals surface area contributed by atoms with Gasteiger partial charge in [-0.05, 0) is 92.0 Å². The molecule has 248 valence electrons. The van der Waals surface area contributed by atoms with Gasteiger partial charge in [0.25, 0.3) is 0 Å². The molecule has 8 aromatic rings. The summed E-state index contributed by atoms with van der Waals surface area (Å²) in [5.74, 6) is 0. The zero-order valence-corrected chi connectivity index (χ0v) is 31.5. The third-order valence-electron chi connectivity index (χ3n) is 12.4. The summed E-state index contributed by atoms with van der Waals surface area (Å²) in [6, 6.07) is 40.3. The molecule has 2 aromatic heterocycles. The Bertz CT molecular complexity index is 2870. The largest absolute Gasteiger partial charge is 0.375 e. The van der Waals surface area contributed by atoms with E-state index < -0.39 is 0 Å². The van der Waals surface area contributed by atoms with Crippen molar-refractivity contribution < 1.29 is 0 Å². The average Bonchev–Trinajstić information content (AvgIpc) is 3.64. The monoisotopic (exact) mass is 676 g/mol. The van der Waals surface area contributed by atoms with Gasteiger partial charge in [-0.15, -0.1) is 11.3 Å². The van der Waals surface area contributed by atoms with Crippen molar-refractivity contribution in [3.63, 3.8) is 0 Å². The van der Waals surface area contributed by atoms with Crippen LogP contribution < -0.4 is 15.8 Å². The van der Waals surface area contributed by atoms with E-state index in [4.69, 9.17) is 0 Å². The molecule has 0 unspecified atom stereocenters. The van der Waals surface area contributed by atoms with Gasteiger partial charge in [-0.25, -0.2) is 0 Å². The third kappa shape index (κ3) is 3.64. The summed E-state index contributed by atoms with van der Waals surface area (Å²) in [5, 5.41) is 5.47. The number of para-hydroxylation sites is 2. The van der Waals surface area contributed by atoms with Crippen LogP contribution in [-0.4, -0.2) is 11.3 Å². The molecule has 0 atom stereocenters. The van der Waals surface area contributed by atoms with Crippen LogP contribution in [0.3, 0.4) is 0 Å². The van der Waals surface area contributed by atoms with Crippen molar-refractivity contribution in [1.29, 1.82) is 0 Å². The standard InChI is InChI=1S/C47H41BN2S/c1-45(2,3)26-20-21-36-29(22-26)31-23-27(46(4,5)6)24-32-30-25-39-40(28-14-9-12-19-38(28)51-39)44-41(30)48(50(36)42(31)32)35-17-13-16-34-43(35)49(44)37-18-11-10-15-33(37)47(34,7)8/h9-25H,1-8H3. The van der Waals surface area contributed by atoms with E-state index in [0.29, 0.717) is 0 Å². The van der Waals surface area contributed by atoms with Crippen LogP contribution in [0.2, 0.25) is 0 Å². The van der Waals surface area contributed by atoms with E-state index in [-0.39, 0.29) is 23.1 Å². The Hall–Kier alpha value is -4.80. The fourth-order valence-corrected chi connectivity index (χ4v) is 11.0. The number of nitrogens with zero attached hydrogens (tertiary/aromatic N) is 2. The normalized spacial score (nSPS) is 15.5. The average molecular weight is 677 g/mol. The molecule has 0 radical (unpaired) electrons. The lowest BCUT2D eigenvalue weighted by Gasteiger charge is -2.48. The quantitative estimate of drug-likeness (QED) is 0.145. The van der Waals surface area contributed by atoms with Crippen molar-refractivity contribution in [2.24, 2.45) is 0 Å². The molecule has 3 aliphatic rings. The Morgan fingerprint density at radius 3 is 2.14 bits per heavy atom. The van der Waals surface area contributed by atoms with Crippen molar-refractivity contribution in [1.82, 2.24) is 4.48 Å². The molecule has 0 saturated heterocycles. The lowest BCUT2D eigenvalue weighted by Crippen LogP contribution is -2.58. The number of rotatable bonds is 0. The molecule has 0 aliphatic carbocycles. The Labute approximate surface area is 304 Å². The lowest BCUT2D eigenvalue weighted by atomic mass is 9.44. The molecule has 2 nitrogen and oxygen atoms in total. The predicted octanol–water partition coefficient (Wildman–Crippen LogP) is 11.8. The maximum atomic E-state index is 2.74. The SMILES string of the molecule is CC(C)(C)c1ccc2c(c1)c1cc(C(C)(C)C)cc3c1n2B1c2cccc4c2N(c2ccccc2C4(C)C)c2c1c-3cc1sc3ccccc3c21. The molecule has 0 bridgehead atoms. The van der Waals surface area contributed by atoms with Gasteiger partial charge in [0.2, 0.25) is 0 Å². The van der Waals surface area contributed by atoms with E-state index in [2.05, 4.69) is 168 Å². The minimum Gasteiger partial charge on any atom is -0.375 e. The number of thiophene rings is 1. The number of hydrogen-bond donors (Lipinski definition) is 0. The van der Waals surface area contributed by atoms with Crippen LogP contribution in [0.1, 0.15) is 77.6 Å². The summed E-state index contributed by atoms with van der Waals surface area (Å²) in [6.45, 7) is 19.0. The molecular formula is C47H41BN2S. The van der Waals surface area contributed by atoms with Crippen LogP contribution in [-0.2, 0) is 16.2 Å². The smallest absolute Gasteiger partial charge is 0.333 e. The molecule has 0 saturated carbocycles. The van der Waals surface area contributed by atoms with Crippen LogP contribution >= 0.6 is 11.3 Å². The molecule has 11 rings (SSSR count). The van der Waals surface area contributed by atoms with Crippen LogP contribution in [0.5, 0.6) is 0 Å². The Morgan fingerprint density at radius 1 is 0.608 bits per heavy atom. The molecule has 4 heteroatoms. The highest BCUT2D eigenvalue weighted by Gasteiger charge is 2.49. The second-order valence-electron chi connectivity index (χ2n) is 17.8. The first-order valence-corrected chi connectivity index (χ1v) is 19.3. The highest BCUT2D eigenvalue weighted by molar-refractivity contribution is 7.26. The van der Waals surface area contributed by atoms with E-state index in [0.717, 1.165) is 0 Å². The van der Waals surface area contributed by atoms with Gasteiger partial charge in [-0.1, -0.05) is 116 Å². The topological polar surface area (TPSA) is 8.17 Å². The molecule has 6 aromatic carbocycles. The first-order valence-electron chi connectivity index (χ1n) is 18.5. The van der Waals surface area contributed by atoms with Gasteiger partial charge >= 0.3 is 6.85 Å².